The van der Waals surface area contributed by atoms with Gasteiger partial charge in [-0.1, -0.05) is 0 Å². The summed E-state index contributed by atoms with van der Waals surface area (Å²) in [7, 11) is 0. The molecule has 0 aliphatic carbocycles. The maximum atomic E-state index is 6.44. The predicted octanol–water partition coefficient (Wildman–Crippen LogP) is 2.86. The second-order valence-corrected chi connectivity index (χ2v) is 15.0. The molecule has 0 aromatic carbocycles. The molecule has 0 radical (unpaired) electrons. The van der Waals surface area contributed by atoms with Gasteiger partial charge in [0, 0.05) is 0 Å². The van der Waals surface area contributed by atoms with Crippen molar-refractivity contribution < 1.29 is 37.3 Å². The van der Waals surface area contributed by atoms with Gasteiger partial charge in [-0.2, -0.15) is 0 Å². The molecule has 0 saturated carbocycles. The maximum absolute atomic E-state index is 6.44. The van der Waals surface area contributed by atoms with E-state index in [9.17, 15) is 0 Å². The Hall–Kier alpha value is 0.228. The molecule has 26 heavy (non-hydrogen) atoms. The van der Waals surface area contributed by atoms with Crippen LogP contribution in [-0.4, -0.2) is 79.6 Å². The number of hydrogen-bond donors (Lipinski definition) is 0. The van der Waals surface area contributed by atoms with Gasteiger partial charge in [-0.05, 0) is 0 Å². The van der Waals surface area contributed by atoms with Crippen LogP contribution in [0.3, 0.4) is 0 Å². The molecule has 2 aliphatic heterocycles. The van der Waals surface area contributed by atoms with Gasteiger partial charge in [0.25, 0.3) is 0 Å². The van der Waals surface area contributed by atoms with E-state index in [0.29, 0.717) is 0 Å². The fourth-order valence-corrected chi connectivity index (χ4v) is 10.3. The molecule has 0 aromatic rings. The quantitative estimate of drug-likeness (QED) is 0.302. The van der Waals surface area contributed by atoms with E-state index in [1.807, 2.05) is 0 Å². The molecule has 0 aromatic heterocycles. The van der Waals surface area contributed by atoms with Gasteiger partial charge in [-0.15, -0.1) is 0 Å². The first kappa shape index (κ1) is 22.5. The third kappa shape index (κ3) is 7.69. The molecular weight excluding hydrogens is 525 g/mol. The zero-order valence-corrected chi connectivity index (χ0v) is 20.8. The summed E-state index contributed by atoms with van der Waals surface area (Å²) in [4.78, 5) is 4.62. The second kappa shape index (κ2) is 9.15. The average molecular weight is 559 g/mol. The molecule has 0 N–H and O–H groups in total. The summed E-state index contributed by atoms with van der Waals surface area (Å²) in [6, 6.07) is 0. The molecule has 2 fully saturated rings. The van der Waals surface area contributed by atoms with Crippen LogP contribution in [-0.2, 0) is 37.3 Å². The van der Waals surface area contributed by atoms with Crippen LogP contribution < -0.4 is 0 Å². The summed E-state index contributed by atoms with van der Waals surface area (Å²) in [6.07, 6.45) is 0. The van der Waals surface area contributed by atoms with Crippen molar-refractivity contribution in [3.05, 3.63) is 0 Å². The van der Waals surface area contributed by atoms with Crippen molar-refractivity contribution in [1.29, 1.82) is 0 Å². The molecule has 2 rings (SSSR count). The first-order valence-corrected chi connectivity index (χ1v) is 14.7. The summed E-state index contributed by atoms with van der Waals surface area (Å²) in [5.74, 6) is 0.980. The summed E-state index contributed by atoms with van der Waals surface area (Å²) in [6.45, 7) is 18.7. The summed E-state index contributed by atoms with van der Waals surface area (Å²) in [5.41, 5.74) is -3.02. The van der Waals surface area contributed by atoms with Crippen molar-refractivity contribution in [3.8, 4) is 0 Å². The van der Waals surface area contributed by atoms with Crippen molar-refractivity contribution in [3.63, 3.8) is 0 Å². The van der Waals surface area contributed by atoms with E-state index in [4.69, 9.17) is 23.3 Å². The van der Waals surface area contributed by atoms with Gasteiger partial charge in [-0.25, -0.2) is 0 Å². The van der Waals surface area contributed by atoms with Gasteiger partial charge >= 0.3 is 169 Å². The van der Waals surface area contributed by atoms with Gasteiger partial charge in [-0.3, -0.25) is 0 Å². The minimum absolute atomic E-state index is 0.314. The van der Waals surface area contributed by atoms with Gasteiger partial charge in [0.05, 0.1) is 0 Å². The predicted molar refractivity (Wildman–Crippen MR) is 101 cm³/mol. The third-order valence-electron chi connectivity index (χ3n) is 3.58. The third-order valence-corrected chi connectivity index (χ3v) is 8.05. The number of hydrogen-bond acceptors (Lipinski definition) is 5. The summed E-state index contributed by atoms with van der Waals surface area (Å²) < 4.78 is 29.1. The van der Waals surface area contributed by atoms with Crippen LogP contribution in [0.1, 0.15) is 41.5 Å². The van der Waals surface area contributed by atoms with E-state index in [1.54, 1.807) is 0 Å². The molecule has 9 heteroatoms. The molecular formula is C17H34N3O4PW. The van der Waals surface area contributed by atoms with Gasteiger partial charge in [0.1, 0.15) is 0 Å². The van der Waals surface area contributed by atoms with Crippen molar-refractivity contribution in [2.24, 2.45) is 4.76 Å². The molecule has 152 valence electrons. The first-order valence-electron chi connectivity index (χ1n) is 9.25. The van der Waals surface area contributed by atoms with E-state index < -0.39 is 5.50 Å². The Bertz CT molecular complexity index is 493. The number of ether oxygens (including phenoxy) is 2. The van der Waals surface area contributed by atoms with Crippen LogP contribution in [0.4, 0.5) is 0 Å². The van der Waals surface area contributed by atoms with Gasteiger partial charge in [0.15, 0.2) is 0 Å². The van der Waals surface area contributed by atoms with Crippen LogP contribution in [0.25, 0.3) is 0 Å². The van der Waals surface area contributed by atoms with E-state index in [2.05, 4.69) is 51.3 Å². The average Bonchev–Trinajstić information content (AvgIpc) is 2.51. The zero-order chi connectivity index (χ0) is 19.4. The van der Waals surface area contributed by atoms with Crippen LogP contribution in [0.15, 0.2) is 4.76 Å². The molecule has 0 atom stereocenters. The first-order chi connectivity index (χ1) is 12.0. The van der Waals surface area contributed by atoms with Gasteiger partial charge in [0.2, 0.25) is 0 Å². The SMILES string of the molecule is CC(C)(C)O[P](=[W])(N=C(N1CCOCC1)N1CCOCC1)OC(C)(C)C. The number of nitrogens with zero attached hydrogens (tertiary/aromatic N) is 3. The Kier molecular flexibility index (Phi) is 7.93. The van der Waals surface area contributed by atoms with E-state index in [-0.39, 0.29) is 11.2 Å². The second-order valence-electron chi connectivity index (χ2n) is 8.47. The molecule has 2 saturated heterocycles. The summed E-state index contributed by atoms with van der Waals surface area (Å²) in [5, 5.41) is 0. The van der Waals surface area contributed by atoms with Crippen molar-refractivity contribution >= 4 is 11.5 Å². The van der Waals surface area contributed by atoms with E-state index in [0.717, 1.165) is 58.6 Å². The summed E-state index contributed by atoms with van der Waals surface area (Å²) >= 11 is 1.25. The molecule has 0 unspecified atom stereocenters. The Morgan fingerprint density at radius 2 is 1.15 bits per heavy atom. The monoisotopic (exact) mass is 559 g/mol. The molecule has 0 spiro atoms. The Labute approximate surface area is 168 Å². The number of morpholine rings is 2. The van der Waals surface area contributed by atoms with Crippen LogP contribution in [0.5, 0.6) is 0 Å². The molecule has 2 aliphatic rings. The number of guanidine groups is 1. The van der Waals surface area contributed by atoms with Crippen molar-refractivity contribution in [1.82, 2.24) is 9.80 Å². The molecule has 2 heterocycles. The zero-order valence-electron chi connectivity index (χ0n) is 17.0. The number of rotatable bonds is 3. The normalized spacial score (nSPS) is 20.2. The van der Waals surface area contributed by atoms with Crippen LogP contribution in [0, 0.1) is 0 Å². The van der Waals surface area contributed by atoms with E-state index >= 15 is 0 Å². The van der Waals surface area contributed by atoms with E-state index in [1.165, 1.54) is 18.8 Å². The molecule has 7 nitrogen and oxygen atoms in total. The Morgan fingerprint density at radius 1 is 0.808 bits per heavy atom. The molecule has 0 amide bonds. The fraction of sp³-hybridized carbons (Fsp3) is 0.941. The Balaban J connectivity index is 2.37. The fourth-order valence-electron chi connectivity index (χ4n) is 2.71. The van der Waals surface area contributed by atoms with Gasteiger partial charge < -0.3 is 0 Å². The standard InChI is InChI=1S/C17H34N3O4P.W/c1-16(2,3)23-25(24-17(4,5)6)18-15(19-7-11-21-12-8-19)20-9-13-22-14-10-20;/h7-14H2,1-6H3;. The van der Waals surface area contributed by atoms with Crippen LogP contribution >= 0.6 is 5.50 Å². The minimum atomic E-state index is -2.40. The molecule has 0 bridgehead atoms. The van der Waals surface area contributed by atoms with Crippen molar-refractivity contribution in [2.75, 3.05) is 52.6 Å². The van der Waals surface area contributed by atoms with Crippen molar-refractivity contribution in [2.45, 2.75) is 52.7 Å². The topological polar surface area (TPSA) is 55.8 Å². The Morgan fingerprint density at radius 3 is 1.46 bits per heavy atom. The van der Waals surface area contributed by atoms with Crippen LogP contribution in [0.2, 0.25) is 0 Å².